The molecule has 0 fully saturated rings. The van der Waals surface area contributed by atoms with Crippen molar-refractivity contribution >= 4 is 0 Å². The van der Waals surface area contributed by atoms with Crippen molar-refractivity contribution in [2.24, 2.45) is 0 Å². The second-order valence-corrected chi connectivity index (χ2v) is 4.43. The van der Waals surface area contributed by atoms with Gasteiger partial charge < -0.3 is 10.1 Å². The lowest BCUT2D eigenvalue weighted by atomic mass is 10.0. The van der Waals surface area contributed by atoms with E-state index in [1.54, 1.807) is 20.0 Å². The molecule has 1 aromatic carbocycles. The van der Waals surface area contributed by atoms with Gasteiger partial charge in [-0.25, -0.2) is 13.2 Å². The molecule has 0 aliphatic heterocycles. The maximum atomic E-state index is 13.1. The van der Waals surface area contributed by atoms with Crippen LogP contribution in [0.3, 0.4) is 0 Å². The van der Waals surface area contributed by atoms with E-state index in [9.17, 15) is 22.0 Å². The largest absolute Gasteiger partial charge is 0.373 e. The highest BCUT2D eigenvalue weighted by Gasteiger charge is 2.41. The molecule has 1 aromatic rings. The number of hydrogen-bond acceptors (Lipinski definition) is 2. The second-order valence-electron chi connectivity index (χ2n) is 4.43. The molecule has 0 saturated carbocycles. The third kappa shape index (κ3) is 4.42. The summed E-state index contributed by atoms with van der Waals surface area (Å²) in [6.07, 6.45) is -3.76. The van der Waals surface area contributed by atoms with Crippen molar-refractivity contribution in [2.75, 3.05) is 20.3 Å². The van der Waals surface area contributed by atoms with Crippen molar-refractivity contribution in [1.82, 2.24) is 5.32 Å². The van der Waals surface area contributed by atoms with Gasteiger partial charge in [-0.1, -0.05) is 12.1 Å². The number of ether oxygens (including phenoxy) is 1. The topological polar surface area (TPSA) is 21.3 Å². The molecular formula is C13H16F5NO. The van der Waals surface area contributed by atoms with Crippen LogP contribution in [0.1, 0.15) is 17.2 Å². The Morgan fingerprint density at radius 1 is 1.30 bits per heavy atom. The number of halogens is 5. The molecule has 0 spiro atoms. The Labute approximate surface area is 113 Å². The Bertz CT molecular complexity index is 439. The van der Waals surface area contributed by atoms with Crippen LogP contribution < -0.4 is 5.32 Å². The quantitative estimate of drug-likeness (QED) is 0.780. The molecule has 0 heterocycles. The molecule has 0 aromatic heterocycles. The number of rotatable bonds is 7. The molecule has 0 amide bonds. The summed E-state index contributed by atoms with van der Waals surface area (Å²) in [6, 6.07) is 3.80. The molecule has 2 nitrogen and oxygen atoms in total. The summed E-state index contributed by atoms with van der Waals surface area (Å²) in [7, 11) is 1.57. The van der Waals surface area contributed by atoms with Gasteiger partial charge in [-0.05, 0) is 31.2 Å². The third-order valence-corrected chi connectivity index (χ3v) is 2.83. The van der Waals surface area contributed by atoms with Crippen LogP contribution in [0.4, 0.5) is 22.0 Å². The number of likely N-dealkylation sites (N-methyl/N-ethyl adjacent to an activating group) is 1. The van der Waals surface area contributed by atoms with Gasteiger partial charge in [0.15, 0.2) is 0 Å². The van der Waals surface area contributed by atoms with Crippen molar-refractivity contribution in [3.05, 3.63) is 35.1 Å². The number of benzene rings is 1. The lowest BCUT2D eigenvalue weighted by molar-refractivity contribution is -0.167. The minimum atomic E-state index is -4.17. The van der Waals surface area contributed by atoms with Crippen LogP contribution in [0, 0.1) is 12.7 Å². The molecule has 0 saturated heterocycles. The van der Waals surface area contributed by atoms with Crippen LogP contribution in [-0.2, 0) is 4.74 Å². The third-order valence-electron chi connectivity index (χ3n) is 2.83. The molecule has 0 bridgehead atoms. The maximum absolute atomic E-state index is 13.1. The summed E-state index contributed by atoms with van der Waals surface area (Å²) in [5, 5.41) is 2.80. The van der Waals surface area contributed by atoms with Gasteiger partial charge in [0.25, 0.3) is 0 Å². The van der Waals surface area contributed by atoms with Crippen LogP contribution in [-0.4, -0.2) is 32.6 Å². The van der Waals surface area contributed by atoms with E-state index in [0.29, 0.717) is 11.1 Å². The fourth-order valence-corrected chi connectivity index (χ4v) is 1.61. The minimum absolute atomic E-state index is 0.218. The molecule has 0 aliphatic carbocycles. The second kappa shape index (κ2) is 6.99. The average molecular weight is 297 g/mol. The van der Waals surface area contributed by atoms with Crippen molar-refractivity contribution in [3.63, 3.8) is 0 Å². The van der Waals surface area contributed by atoms with Crippen molar-refractivity contribution in [1.29, 1.82) is 0 Å². The molecule has 1 rings (SSSR count). The van der Waals surface area contributed by atoms with Gasteiger partial charge in [0, 0.05) is 0 Å². The molecule has 0 radical (unpaired) electrons. The van der Waals surface area contributed by atoms with E-state index in [0.717, 1.165) is 0 Å². The SMILES string of the molecule is CNC(COCC(F)(F)C(F)F)c1ccc(F)c(C)c1. The molecule has 0 aliphatic rings. The van der Waals surface area contributed by atoms with Crippen LogP contribution in [0.5, 0.6) is 0 Å². The summed E-state index contributed by atoms with van der Waals surface area (Å²) in [5.74, 6) is -4.55. The van der Waals surface area contributed by atoms with Crippen molar-refractivity contribution in [3.8, 4) is 0 Å². The molecular weight excluding hydrogens is 281 g/mol. The van der Waals surface area contributed by atoms with E-state index < -0.39 is 25.0 Å². The number of alkyl halides is 4. The average Bonchev–Trinajstić information content (AvgIpc) is 2.38. The van der Waals surface area contributed by atoms with Crippen molar-refractivity contribution in [2.45, 2.75) is 25.3 Å². The molecule has 1 atom stereocenters. The predicted octanol–water partition coefficient (Wildman–Crippen LogP) is 3.31. The summed E-state index contributed by atoms with van der Waals surface area (Å²) in [4.78, 5) is 0. The number of hydrogen-bond donors (Lipinski definition) is 1. The zero-order chi connectivity index (χ0) is 15.3. The van der Waals surface area contributed by atoms with Gasteiger partial charge in [-0.3, -0.25) is 0 Å². The first-order chi connectivity index (χ1) is 9.27. The molecule has 20 heavy (non-hydrogen) atoms. The fourth-order valence-electron chi connectivity index (χ4n) is 1.61. The lowest BCUT2D eigenvalue weighted by Gasteiger charge is -2.20. The molecule has 7 heteroatoms. The van der Waals surface area contributed by atoms with Crippen LogP contribution >= 0.6 is 0 Å². The van der Waals surface area contributed by atoms with Crippen LogP contribution in [0.2, 0.25) is 0 Å². The Morgan fingerprint density at radius 3 is 2.45 bits per heavy atom. The minimum Gasteiger partial charge on any atom is -0.373 e. The van der Waals surface area contributed by atoms with E-state index >= 15 is 0 Å². The maximum Gasteiger partial charge on any atom is 0.330 e. The number of nitrogens with one attached hydrogen (secondary N) is 1. The van der Waals surface area contributed by atoms with E-state index in [2.05, 4.69) is 10.1 Å². The smallest absolute Gasteiger partial charge is 0.330 e. The zero-order valence-electron chi connectivity index (χ0n) is 11.1. The monoisotopic (exact) mass is 297 g/mol. The fraction of sp³-hybridized carbons (Fsp3) is 0.538. The van der Waals surface area contributed by atoms with Crippen LogP contribution in [0.25, 0.3) is 0 Å². The summed E-state index contributed by atoms with van der Waals surface area (Å²) in [5.41, 5.74) is 1.03. The van der Waals surface area contributed by atoms with Gasteiger partial charge in [0.2, 0.25) is 0 Å². The zero-order valence-corrected chi connectivity index (χ0v) is 11.1. The van der Waals surface area contributed by atoms with Gasteiger partial charge in [-0.2, -0.15) is 8.78 Å². The molecule has 114 valence electrons. The Balaban J connectivity index is 2.62. The Hall–Kier alpha value is -1.21. The van der Waals surface area contributed by atoms with E-state index in [1.807, 2.05) is 0 Å². The summed E-state index contributed by atoms with van der Waals surface area (Å²) < 4.78 is 67.0. The van der Waals surface area contributed by atoms with Gasteiger partial charge in [0.1, 0.15) is 12.4 Å². The van der Waals surface area contributed by atoms with Crippen molar-refractivity contribution < 1.29 is 26.7 Å². The van der Waals surface area contributed by atoms with Crippen LogP contribution in [0.15, 0.2) is 18.2 Å². The lowest BCUT2D eigenvalue weighted by Crippen LogP contribution is -2.34. The van der Waals surface area contributed by atoms with Gasteiger partial charge in [0.05, 0.1) is 12.6 Å². The van der Waals surface area contributed by atoms with E-state index in [1.165, 1.54) is 12.1 Å². The molecule has 1 unspecified atom stereocenters. The number of aryl methyl sites for hydroxylation is 1. The first-order valence-corrected chi connectivity index (χ1v) is 5.95. The highest BCUT2D eigenvalue weighted by molar-refractivity contribution is 5.26. The van der Waals surface area contributed by atoms with E-state index in [-0.39, 0.29) is 12.4 Å². The first-order valence-electron chi connectivity index (χ1n) is 5.95. The normalized spacial score (nSPS) is 13.8. The molecule has 1 N–H and O–H groups in total. The first kappa shape index (κ1) is 16.8. The highest BCUT2D eigenvalue weighted by atomic mass is 19.3. The standard InChI is InChI=1S/C13H16F5NO/c1-8-5-9(3-4-10(8)14)11(19-2)6-20-7-13(17,18)12(15)16/h3-5,11-12,19H,6-7H2,1-2H3. The van der Waals surface area contributed by atoms with Gasteiger partial charge >= 0.3 is 12.3 Å². The Kier molecular flexibility index (Phi) is 5.88. The van der Waals surface area contributed by atoms with E-state index in [4.69, 9.17) is 0 Å². The predicted molar refractivity (Wildman–Crippen MR) is 64.7 cm³/mol. The summed E-state index contributed by atoms with van der Waals surface area (Å²) in [6.45, 7) is -0.00966. The Morgan fingerprint density at radius 2 is 1.95 bits per heavy atom. The highest BCUT2D eigenvalue weighted by Crippen LogP contribution is 2.24. The van der Waals surface area contributed by atoms with Gasteiger partial charge in [-0.15, -0.1) is 0 Å². The summed E-state index contributed by atoms with van der Waals surface area (Å²) >= 11 is 0.